The van der Waals surface area contributed by atoms with Crippen molar-refractivity contribution in [3.05, 3.63) is 60.2 Å². The van der Waals surface area contributed by atoms with Gasteiger partial charge in [0.2, 0.25) is 0 Å². The Morgan fingerprint density at radius 3 is 2.61 bits per heavy atom. The van der Waals surface area contributed by atoms with Gasteiger partial charge in [-0.3, -0.25) is 0 Å². The Labute approximate surface area is 104 Å². The lowest BCUT2D eigenvalue weighted by atomic mass is 10.2. The Hall–Kier alpha value is -2.62. The lowest BCUT2D eigenvalue weighted by Crippen LogP contribution is -1.89. The maximum absolute atomic E-state index is 5.47. The molecule has 0 unspecified atom stereocenters. The van der Waals surface area contributed by atoms with E-state index in [0.717, 1.165) is 16.7 Å². The fourth-order valence-corrected chi connectivity index (χ4v) is 1.62. The Morgan fingerprint density at radius 2 is 1.78 bits per heavy atom. The van der Waals surface area contributed by atoms with Gasteiger partial charge in [0.1, 0.15) is 5.52 Å². The summed E-state index contributed by atoms with van der Waals surface area (Å²) in [5.74, 6) is 0. The lowest BCUT2D eigenvalue weighted by Gasteiger charge is -1.92. The Balaban J connectivity index is 1.75. The highest BCUT2D eigenvalue weighted by molar-refractivity contribution is 5.80. The third-order valence-electron chi connectivity index (χ3n) is 2.47. The van der Waals surface area contributed by atoms with Crippen molar-refractivity contribution in [3.63, 3.8) is 0 Å². The molecule has 1 aromatic heterocycles. The summed E-state index contributed by atoms with van der Waals surface area (Å²) in [5.41, 5.74) is 5.35. The van der Waals surface area contributed by atoms with E-state index in [0.29, 0.717) is 6.01 Å². The van der Waals surface area contributed by atoms with Gasteiger partial charge in [-0.05, 0) is 17.7 Å². The minimum atomic E-state index is 0.392. The number of hydrazone groups is 1. The van der Waals surface area contributed by atoms with Gasteiger partial charge in [-0.2, -0.15) is 10.1 Å². The number of rotatable bonds is 3. The van der Waals surface area contributed by atoms with Crippen molar-refractivity contribution >= 4 is 23.3 Å². The number of aromatic nitrogens is 1. The van der Waals surface area contributed by atoms with E-state index in [4.69, 9.17) is 4.42 Å². The molecule has 0 atom stereocenters. The monoisotopic (exact) mass is 237 g/mol. The van der Waals surface area contributed by atoms with Crippen LogP contribution in [0, 0.1) is 0 Å². The van der Waals surface area contributed by atoms with E-state index >= 15 is 0 Å². The van der Waals surface area contributed by atoms with Crippen LogP contribution in [0.15, 0.2) is 64.1 Å². The van der Waals surface area contributed by atoms with E-state index in [9.17, 15) is 0 Å². The van der Waals surface area contributed by atoms with Gasteiger partial charge < -0.3 is 4.42 Å². The van der Waals surface area contributed by atoms with Gasteiger partial charge in [-0.15, -0.1) is 0 Å². The van der Waals surface area contributed by atoms with Crippen LogP contribution in [0.25, 0.3) is 11.1 Å². The van der Waals surface area contributed by atoms with Crippen LogP contribution < -0.4 is 5.43 Å². The van der Waals surface area contributed by atoms with Crippen molar-refractivity contribution in [2.24, 2.45) is 5.10 Å². The molecule has 0 spiro atoms. The zero-order chi connectivity index (χ0) is 12.2. The van der Waals surface area contributed by atoms with Crippen LogP contribution in [0.1, 0.15) is 5.56 Å². The molecule has 0 amide bonds. The fraction of sp³-hybridized carbons (Fsp3) is 0. The summed E-state index contributed by atoms with van der Waals surface area (Å²) in [6.45, 7) is 0. The second-order valence-electron chi connectivity index (χ2n) is 3.77. The summed E-state index contributed by atoms with van der Waals surface area (Å²) in [6, 6.07) is 17.8. The molecule has 0 fully saturated rings. The molecule has 3 aromatic rings. The smallest absolute Gasteiger partial charge is 0.316 e. The highest BCUT2D eigenvalue weighted by atomic mass is 16.4. The number of para-hydroxylation sites is 2. The van der Waals surface area contributed by atoms with Gasteiger partial charge in [0.25, 0.3) is 0 Å². The number of anilines is 1. The predicted molar refractivity (Wildman–Crippen MR) is 71.7 cm³/mol. The first-order valence-corrected chi connectivity index (χ1v) is 5.61. The van der Waals surface area contributed by atoms with Crippen molar-refractivity contribution in [2.45, 2.75) is 0 Å². The Morgan fingerprint density at radius 1 is 1.00 bits per heavy atom. The van der Waals surface area contributed by atoms with E-state index in [-0.39, 0.29) is 0 Å². The molecule has 0 bridgehead atoms. The SMILES string of the molecule is C(=N/Nc1nc2ccccc2o1)/c1ccccc1. The second-order valence-corrected chi connectivity index (χ2v) is 3.77. The molecule has 18 heavy (non-hydrogen) atoms. The molecule has 4 nitrogen and oxygen atoms in total. The molecule has 0 saturated heterocycles. The van der Waals surface area contributed by atoms with Gasteiger partial charge >= 0.3 is 6.01 Å². The Bertz CT molecular complexity index is 641. The van der Waals surface area contributed by atoms with Crippen molar-refractivity contribution < 1.29 is 4.42 Å². The van der Waals surface area contributed by atoms with Crippen LogP contribution in [-0.4, -0.2) is 11.2 Å². The largest absolute Gasteiger partial charge is 0.422 e. The van der Waals surface area contributed by atoms with Crippen molar-refractivity contribution in [3.8, 4) is 0 Å². The maximum Gasteiger partial charge on any atom is 0.316 e. The normalized spacial score (nSPS) is 11.1. The first-order chi connectivity index (χ1) is 8.92. The summed E-state index contributed by atoms with van der Waals surface area (Å²) < 4.78 is 5.47. The minimum absolute atomic E-state index is 0.392. The summed E-state index contributed by atoms with van der Waals surface area (Å²) >= 11 is 0. The number of nitrogens with zero attached hydrogens (tertiary/aromatic N) is 2. The molecule has 1 N–H and O–H groups in total. The summed E-state index contributed by atoms with van der Waals surface area (Å²) in [5, 5.41) is 4.08. The number of hydrogen-bond acceptors (Lipinski definition) is 4. The molecule has 0 aliphatic heterocycles. The van der Waals surface area contributed by atoms with E-state index in [1.54, 1.807) is 6.21 Å². The lowest BCUT2D eigenvalue weighted by molar-refractivity contribution is 0.617. The molecule has 2 aromatic carbocycles. The molecule has 3 rings (SSSR count). The summed E-state index contributed by atoms with van der Waals surface area (Å²) in [6.07, 6.45) is 1.72. The fourth-order valence-electron chi connectivity index (χ4n) is 1.62. The van der Waals surface area contributed by atoms with Gasteiger partial charge in [-0.25, -0.2) is 5.43 Å². The third kappa shape index (κ3) is 2.22. The first-order valence-electron chi connectivity index (χ1n) is 5.61. The molecule has 4 heteroatoms. The van der Waals surface area contributed by atoms with Crippen molar-refractivity contribution in [1.29, 1.82) is 0 Å². The maximum atomic E-state index is 5.47. The van der Waals surface area contributed by atoms with E-state index < -0.39 is 0 Å². The van der Waals surface area contributed by atoms with Crippen LogP contribution in [0.2, 0.25) is 0 Å². The summed E-state index contributed by atoms with van der Waals surface area (Å²) in [4.78, 5) is 4.25. The molecule has 0 saturated carbocycles. The molecule has 88 valence electrons. The first kappa shape index (κ1) is 10.5. The average molecular weight is 237 g/mol. The van der Waals surface area contributed by atoms with Gasteiger partial charge in [0.05, 0.1) is 6.21 Å². The highest BCUT2D eigenvalue weighted by Gasteiger charge is 2.02. The zero-order valence-electron chi connectivity index (χ0n) is 9.58. The highest BCUT2D eigenvalue weighted by Crippen LogP contribution is 2.17. The molecule has 1 heterocycles. The Kier molecular flexibility index (Phi) is 2.75. The van der Waals surface area contributed by atoms with Crippen molar-refractivity contribution in [1.82, 2.24) is 4.98 Å². The van der Waals surface area contributed by atoms with Gasteiger partial charge in [0, 0.05) is 0 Å². The number of oxazole rings is 1. The second kappa shape index (κ2) is 4.71. The molecule has 0 aliphatic carbocycles. The number of fused-ring (bicyclic) bond motifs is 1. The third-order valence-corrected chi connectivity index (χ3v) is 2.47. The quantitative estimate of drug-likeness (QED) is 0.561. The average Bonchev–Trinajstić information content (AvgIpc) is 2.82. The number of hydrogen-bond donors (Lipinski definition) is 1. The summed E-state index contributed by atoms with van der Waals surface area (Å²) in [7, 11) is 0. The van der Waals surface area contributed by atoms with Gasteiger partial charge in [-0.1, -0.05) is 42.5 Å². The molecular formula is C14H11N3O. The van der Waals surface area contributed by atoms with Crippen LogP contribution in [0.4, 0.5) is 6.01 Å². The minimum Gasteiger partial charge on any atom is -0.422 e. The van der Waals surface area contributed by atoms with Crippen LogP contribution >= 0.6 is 0 Å². The van der Waals surface area contributed by atoms with Crippen LogP contribution in [0.5, 0.6) is 0 Å². The molecular weight excluding hydrogens is 226 g/mol. The number of benzene rings is 2. The van der Waals surface area contributed by atoms with E-state index in [1.807, 2.05) is 54.6 Å². The molecule has 0 aliphatic rings. The van der Waals surface area contributed by atoms with Gasteiger partial charge in [0.15, 0.2) is 5.58 Å². The predicted octanol–water partition coefficient (Wildman–Crippen LogP) is 3.27. The topological polar surface area (TPSA) is 50.4 Å². The van der Waals surface area contributed by atoms with E-state index in [1.165, 1.54) is 0 Å². The van der Waals surface area contributed by atoms with E-state index in [2.05, 4.69) is 15.5 Å². The number of nitrogens with one attached hydrogen (secondary N) is 1. The zero-order valence-corrected chi connectivity index (χ0v) is 9.58. The standard InChI is InChI=1S/C14H11N3O/c1-2-6-11(7-3-1)10-15-17-14-16-12-8-4-5-9-13(12)18-14/h1-10H,(H,16,17)/b15-10-. The van der Waals surface area contributed by atoms with Crippen LogP contribution in [-0.2, 0) is 0 Å². The van der Waals surface area contributed by atoms with Crippen LogP contribution in [0.3, 0.4) is 0 Å². The van der Waals surface area contributed by atoms with Crippen molar-refractivity contribution in [2.75, 3.05) is 5.43 Å². The molecule has 0 radical (unpaired) electrons.